The molecule has 0 saturated carbocycles. The van der Waals surface area contributed by atoms with Crippen molar-refractivity contribution in [2.45, 2.75) is 13.3 Å². The molecule has 1 rings (SSSR count). The van der Waals surface area contributed by atoms with Crippen LogP contribution in [0.1, 0.15) is 12.5 Å². The fraction of sp³-hybridized carbons (Fsp3) is 0.417. The molecule has 0 heterocycles. The fourth-order valence-corrected chi connectivity index (χ4v) is 1.36. The number of carbonyl (C=O) groups excluding carboxylic acids is 1. The number of hydrogen-bond donors (Lipinski definition) is 1. The first-order chi connectivity index (χ1) is 7.22. The summed E-state index contributed by atoms with van der Waals surface area (Å²) in [6, 6.07) is 9.85. The highest BCUT2D eigenvalue weighted by molar-refractivity contribution is 5.65. The van der Waals surface area contributed by atoms with Gasteiger partial charge in [0.05, 0.1) is 6.61 Å². The van der Waals surface area contributed by atoms with Crippen LogP contribution in [0.25, 0.3) is 0 Å². The van der Waals surface area contributed by atoms with Crippen molar-refractivity contribution in [2.75, 3.05) is 13.2 Å². The lowest BCUT2D eigenvalue weighted by molar-refractivity contribution is -0.142. The molecule has 3 nitrogen and oxygen atoms in total. The van der Waals surface area contributed by atoms with E-state index in [1.54, 1.807) is 0 Å². The maximum absolute atomic E-state index is 10.6. The zero-order valence-corrected chi connectivity index (χ0v) is 8.85. The minimum Gasteiger partial charge on any atom is -0.465 e. The standard InChI is InChI=1S/C12H16O3/c1-10(14)15-9-12(8-13)7-11-5-3-2-4-6-11/h2-6,12-13H,7-9H2,1H3/t12-/m1/s1. The molecule has 0 aliphatic carbocycles. The number of aliphatic hydroxyl groups is 1. The number of ether oxygens (including phenoxy) is 1. The number of benzene rings is 1. The molecule has 0 amide bonds. The highest BCUT2D eigenvalue weighted by atomic mass is 16.5. The summed E-state index contributed by atoms with van der Waals surface area (Å²) in [7, 11) is 0. The van der Waals surface area contributed by atoms with Crippen LogP contribution in [-0.4, -0.2) is 24.3 Å². The fourth-order valence-electron chi connectivity index (χ4n) is 1.36. The minimum absolute atomic E-state index is 0.0173. The third-order valence-electron chi connectivity index (χ3n) is 2.15. The second-order valence-corrected chi connectivity index (χ2v) is 3.54. The molecule has 1 aromatic rings. The van der Waals surface area contributed by atoms with E-state index in [0.29, 0.717) is 0 Å². The Hall–Kier alpha value is -1.35. The van der Waals surface area contributed by atoms with Crippen molar-refractivity contribution < 1.29 is 14.6 Å². The highest BCUT2D eigenvalue weighted by Crippen LogP contribution is 2.08. The molecular formula is C12H16O3. The maximum Gasteiger partial charge on any atom is 0.302 e. The summed E-state index contributed by atoms with van der Waals surface area (Å²) in [5.74, 6) is -0.321. The van der Waals surface area contributed by atoms with E-state index in [4.69, 9.17) is 9.84 Å². The zero-order valence-electron chi connectivity index (χ0n) is 8.85. The normalized spacial score (nSPS) is 12.1. The molecule has 1 atom stereocenters. The third-order valence-corrected chi connectivity index (χ3v) is 2.15. The van der Waals surface area contributed by atoms with Crippen molar-refractivity contribution in [1.29, 1.82) is 0 Å². The van der Waals surface area contributed by atoms with Crippen molar-refractivity contribution in [1.82, 2.24) is 0 Å². The molecule has 0 fully saturated rings. The SMILES string of the molecule is CC(=O)OC[C@@H](CO)Cc1ccccc1. The van der Waals surface area contributed by atoms with Crippen molar-refractivity contribution >= 4 is 5.97 Å². The Balaban J connectivity index is 2.43. The van der Waals surface area contributed by atoms with Gasteiger partial charge in [0.1, 0.15) is 0 Å². The summed E-state index contributed by atoms with van der Waals surface area (Å²) in [6.07, 6.45) is 0.727. The van der Waals surface area contributed by atoms with E-state index in [0.717, 1.165) is 12.0 Å². The minimum atomic E-state index is -0.304. The molecule has 1 aromatic carbocycles. The van der Waals surface area contributed by atoms with Gasteiger partial charge in [0.15, 0.2) is 0 Å². The molecule has 3 heteroatoms. The second kappa shape index (κ2) is 6.19. The van der Waals surface area contributed by atoms with Gasteiger partial charge < -0.3 is 9.84 Å². The van der Waals surface area contributed by atoms with Gasteiger partial charge in [-0.2, -0.15) is 0 Å². The van der Waals surface area contributed by atoms with Gasteiger partial charge in [-0.05, 0) is 12.0 Å². The molecular weight excluding hydrogens is 192 g/mol. The molecule has 0 radical (unpaired) electrons. The van der Waals surface area contributed by atoms with Crippen molar-refractivity contribution in [3.05, 3.63) is 35.9 Å². The average molecular weight is 208 g/mol. The van der Waals surface area contributed by atoms with E-state index in [1.165, 1.54) is 6.92 Å². The number of aliphatic hydroxyl groups excluding tert-OH is 1. The number of carbonyl (C=O) groups is 1. The first-order valence-electron chi connectivity index (χ1n) is 5.00. The lowest BCUT2D eigenvalue weighted by Crippen LogP contribution is -2.18. The zero-order chi connectivity index (χ0) is 11.1. The van der Waals surface area contributed by atoms with E-state index in [1.807, 2.05) is 30.3 Å². The van der Waals surface area contributed by atoms with Gasteiger partial charge in [0.2, 0.25) is 0 Å². The van der Waals surface area contributed by atoms with E-state index < -0.39 is 0 Å². The second-order valence-electron chi connectivity index (χ2n) is 3.54. The van der Waals surface area contributed by atoms with Crippen LogP contribution in [0.3, 0.4) is 0 Å². The Kier molecular flexibility index (Phi) is 4.84. The number of rotatable bonds is 5. The van der Waals surface area contributed by atoms with Crippen LogP contribution in [0.4, 0.5) is 0 Å². The quantitative estimate of drug-likeness (QED) is 0.744. The van der Waals surface area contributed by atoms with Crippen LogP contribution in [0.2, 0.25) is 0 Å². The highest BCUT2D eigenvalue weighted by Gasteiger charge is 2.09. The number of esters is 1. The number of hydrogen-bond acceptors (Lipinski definition) is 3. The van der Waals surface area contributed by atoms with Crippen LogP contribution < -0.4 is 0 Å². The van der Waals surface area contributed by atoms with Gasteiger partial charge in [0.25, 0.3) is 0 Å². The van der Waals surface area contributed by atoms with Gasteiger partial charge >= 0.3 is 5.97 Å². The Morgan fingerprint density at radius 2 is 2.07 bits per heavy atom. The van der Waals surface area contributed by atoms with E-state index in [9.17, 15) is 4.79 Å². The third kappa shape index (κ3) is 4.61. The molecule has 0 spiro atoms. The largest absolute Gasteiger partial charge is 0.465 e. The van der Waals surface area contributed by atoms with Crippen LogP contribution >= 0.6 is 0 Å². The maximum atomic E-state index is 10.6. The lowest BCUT2D eigenvalue weighted by atomic mass is 10.0. The molecule has 0 aliphatic rings. The van der Waals surface area contributed by atoms with E-state index >= 15 is 0 Å². The Labute approximate surface area is 89.7 Å². The topological polar surface area (TPSA) is 46.5 Å². The van der Waals surface area contributed by atoms with Crippen LogP contribution in [0, 0.1) is 5.92 Å². The summed E-state index contributed by atoms with van der Waals surface area (Å²) < 4.78 is 4.87. The molecule has 0 bridgehead atoms. The molecule has 1 N–H and O–H groups in total. The first kappa shape index (κ1) is 11.7. The monoisotopic (exact) mass is 208 g/mol. The summed E-state index contributed by atoms with van der Waals surface area (Å²) >= 11 is 0. The molecule has 15 heavy (non-hydrogen) atoms. The van der Waals surface area contributed by atoms with Crippen molar-refractivity contribution in [3.63, 3.8) is 0 Å². The first-order valence-corrected chi connectivity index (χ1v) is 5.00. The van der Waals surface area contributed by atoms with Crippen LogP contribution in [0.15, 0.2) is 30.3 Å². The molecule has 0 aromatic heterocycles. The predicted molar refractivity (Wildman–Crippen MR) is 57.4 cm³/mol. The smallest absolute Gasteiger partial charge is 0.302 e. The van der Waals surface area contributed by atoms with Crippen molar-refractivity contribution in [3.8, 4) is 0 Å². The Morgan fingerprint density at radius 3 is 2.60 bits per heavy atom. The molecule has 0 unspecified atom stereocenters. The van der Waals surface area contributed by atoms with Gasteiger partial charge in [-0.3, -0.25) is 4.79 Å². The summed E-state index contributed by atoms with van der Waals surface area (Å²) in [4.78, 5) is 10.6. The van der Waals surface area contributed by atoms with E-state index in [-0.39, 0.29) is 25.1 Å². The van der Waals surface area contributed by atoms with Gasteiger partial charge in [-0.1, -0.05) is 30.3 Å². The van der Waals surface area contributed by atoms with E-state index in [2.05, 4.69) is 0 Å². The Morgan fingerprint density at radius 1 is 1.40 bits per heavy atom. The average Bonchev–Trinajstić information content (AvgIpc) is 2.25. The van der Waals surface area contributed by atoms with Crippen LogP contribution in [0.5, 0.6) is 0 Å². The predicted octanol–water partition coefficient (Wildman–Crippen LogP) is 1.40. The Bertz CT molecular complexity index is 295. The lowest BCUT2D eigenvalue weighted by Gasteiger charge is -2.13. The van der Waals surface area contributed by atoms with Gasteiger partial charge in [-0.15, -0.1) is 0 Å². The molecule has 0 saturated heterocycles. The summed E-state index contributed by atoms with van der Waals surface area (Å²) in [6.45, 7) is 1.68. The van der Waals surface area contributed by atoms with Crippen LogP contribution in [-0.2, 0) is 16.0 Å². The van der Waals surface area contributed by atoms with Crippen molar-refractivity contribution in [2.24, 2.45) is 5.92 Å². The van der Waals surface area contributed by atoms with Gasteiger partial charge in [0, 0.05) is 19.4 Å². The molecule has 0 aliphatic heterocycles. The summed E-state index contributed by atoms with van der Waals surface area (Å²) in [5, 5.41) is 9.11. The summed E-state index contributed by atoms with van der Waals surface area (Å²) in [5.41, 5.74) is 1.14. The molecule has 82 valence electrons. The van der Waals surface area contributed by atoms with Gasteiger partial charge in [-0.25, -0.2) is 0 Å².